The van der Waals surface area contributed by atoms with Crippen molar-refractivity contribution in [1.29, 1.82) is 0 Å². The average Bonchev–Trinajstić information content (AvgIpc) is 2.68. The number of para-hydroxylation sites is 1. The zero-order valence-corrected chi connectivity index (χ0v) is 13.8. The van der Waals surface area contributed by atoms with E-state index < -0.39 is 8.32 Å². The third-order valence-corrected chi connectivity index (χ3v) is 8.69. The summed E-state index contributed by atoms with van der Waals surface area (Å²) in [5.74, 6) is 0. The van der Waals surface area contributed by atoms with E-state index in [1.165, 1.54) is 11.1 Å². The molecular formula is C15H24N2OSi. The number of aromatic nitrogens is 2. The lowest BCUT2D eigenvalue weighted by molar-refractivity contribution is 0.277. The summed E-state index contributed by atoms with van der Waals surface area (Å²) in [5, 5.41) is 0.243. The molecule has 4 heteroatoms. The van der Waals surface area contributed by atoms with Gasteiger partial charge < -0.3 is 8.99 Å². The fourth-order valence-electron chi connectivity index (χ4n) is 1.89. The number of fused-ring (bicyclic) bond motifs is 1. The maximum absolute atomic E-state index is 6.31. The Hall–Kier alpha value is -1.13. The van der Waals surface area contributed by atoms with Crippen molar-refractivity contribution in [3.63, 3.8) is 0 Å². The normalized spacial score (nSPS) is 13.2. The summed E-state index contributed by atoms with van der Waals surface area (Å²) in [6.07, 6.45) is 1.86. The molecule has 0 N–H and O–H groups in total. The molecule has 2 aromatic rings. The van der Waals surface area contributed by atoms with Gasteiger partial charge in [0.05, 0.1) is 24.0 Å². The fraction of sp³-hybridized carbons (Fsp3) is 0.533. The van der Waals surface area contributed by atoms with Crippen molar-refractivity contribution in [2.24, 2.45) is 7.05 Å². The first kappa shape index (κ1) is 14.3. The monoisotopic (exact) mass is 276 g/mol. The number of imidazole rings is 1. The predicted octanol–water partition coefficient (Wildman–Crippen LogP) is 4.10. The molecular weight excluding hydrogens is 252 g/mol. The molecule has 3 nitrogen and oxygen atoms in total. The van der Waals surface area contributed by atoms with Crippen molar-refractivity contribution in [1.82, 2.24) is 9.55 Å². The summed E-state index contributed by atoms with van der Waals surface area (Å²) in [4.78, 5) is 4.39. The van der Waals surface area contributed by atoms with Gasteiger partial charge in [0.15, 0.2) is 8.32 Å². The van der Waals surface area contributed by atoms with Crippen LogP contribution < -0.4 is 0 Å². The van der Waals surface area contributed by atoms with Crippen LogP contribution in [0.5, 0.6) is 0 Å². The van der Waals surface area contributed by atoms with Crippen molar-refractivity contribution in [2.45, 2.75) is 45.5 Å². The van der Waals surface area contributed by atoms with Crippen molar-refractivity contribution < 1.29 is 4.43 Å². The molecule has 1 heterocycles. The minimum atomic E-state index is -1.70. The van der Waals surface area contributed by atoms with E-state index in [4.69, 9.17) is 4.43 Å². The van der Waals surface area contributed by atoms with Crippen LogP contribution >= 0.6 is 0 Å². The highest BCUT2D eigenvalue weighted by Gasteiger charge is 2.37. The van der Waals surface area contributed by atoms with Crippen LogP contribution in [-0.4, -0.2) is 17.9 Å². The highest BCUT2D eigenvalue weighted by Crippen LogP contribution is 2.37. The van der Waals surface area contributed by atoms with E-state index in [0.29, 0.717) is 6.61 Å². The smallest absolute Gasteiger partial charge is 0.192 e. The Morgan fingerprint density at radius 2 is 1.95 bits per heavy atom. The Labute approximate surface area is 116 Å². The van der Waals surface area contributed by atoms with E-state index in [1.807, 2.05) is 19.4 Å². The van der Waals surface area contributed by atoms with Gasteiger partial charge in [-0.3, -0.25) is 0 Å². The van der Waals surface area contributed by atoms with Crippen LogP contribution in [0, 0.1) is 0 Å². The summed E-state index contributed by atoms with van der Waals surface area (Å²) in [6, 6.07) is 6.24. The van der Waals surface area contributed by atoms with Gasteiger partial charge in [-0.25, -0.2) is 4.98 Å². The van der Waals surface area contributed by atoms with Gasteiger partial charge in [-0.2, -0.15) is 0 Å². The second-order valence-electron chi connectivity index (χ2n) is 6.69. The standard InChI is InChI=1S/C15H24N2OSi/c1-15(2,3)19(5,6)18-10-12-8-7-9-13-14(12)17(4)11-16-13/h7-9,11H,10H2,1-6H3. The van der Waals surface area contributed by atoms with E-state index >= 15 is 0 Å². The van der Waals surface area contributed by atoms with Gasteiger partial charge in [0.1, 0.15) is 0 Å². The van der Waals surface area contributed by atoms with E-state index in [1.54, 1.807) is 0 Å². The molecule has 0 saturated carbocycles. The number of rotatable bonds is 3. The van der Waals surface area contributed by atoms with Gasteiger partial charge in [-0.15, -0.1) is 0 Å². The largest absolute Gasteiger partial charge is 0.412 e. The molecule has 19 heavy (non-hydrogen) atoms. The lowest BCUT2D eigenvalue weighted by Crippen LogP contribution is -2.40. The maximum Gasteiger partial charge on any atom is 0.192 e. The first-order valence-electron chi connectivity index (χ1n) is 6.75. The molecule has 0 atom stereocenters. The van der Waals surface area contributed by atoms with Gasteiger partial charge in [0, 0.05) is 12.6 Å². The second kappa shape index (κ2) is 4.76. The van der Waals surface area contributed by atoms with Crippen LogP contribution in [0.1, 0.15) is 26.3 Å². The highest BCUT2D eigenvalue weighted by molar-refractivity contribution is 6.74. The first-order valence-corrected chi connectivity index (χ1v) is 9.66. The highest BCUT2D eigenvalue weighted by atomic mass is 28.4. The topological polar surface area (TPSA) is 27.1 Å². The van der Waals surface area contributed by atoms with Crippen LogP contribution in [0.4, 0.5) is 0 Å². The molecule has 0 amide bonds. The molecule has 0 radical (unpaired) electrons. The molecule has 0 aliphatic heterocycles. The van der Waals surface area contributed by atoms with Crippen molar-refractivity contribution in [3.8, 4) is 0 Å². The van der Waals surface area contributed by atoms with Crippen LogP contribution in [0.2, 0.25) is 18.1 Å². The van der Waals surface area contributed by atoms with E-state index in [0.717, 1.165) is 5.52 Å². The molecule has 2 rings (SSSR count). The minimum Gasteiger partial charge on any atom is -0.412 e. The lowest BCUT2D eigenvalue weighted by Gasteiger charge is -2.36. The average molecular weight is 276 g/mol. The SMILES string of the molecule is Cn1cnc2cccc(CO[Si](C)(C)C(C)(C)C)c21. The molecule has 104 valence electrons. The summed E-state index contributed by atoms with van der Waals surface area (Å²) < 4.78 is 8.38. The van der Waals surface area contributed by atoms with Crippen molar-refractivity contribution >= 4 is 19.4 Å². The Morgan fingerprint density at radius 1 is 1.26 bits per heavy atom. The van der Waals surface area contributed by atoms with Gasteiger partial charge in [-0.05, 0) is 24.2 Å². The number of nitrogens with zero attached hydrogens (tertiary/aromatic N) is 2. The molecule has 0 aliphatic carbocycles. The third-order valence-electron chi connectivity index (χ3n) is 4.22. The maximum atomic E-state index is 6.31. The molecule has 0 saturated heterocycles. The second-order valence-corrected chi connectivity index (χ2v) is 11.5. The number of aryl methyl sites for hydroxylation is 1. The summed E-state index contributed by atoms with van der Waals surface area (Å²) >= 11 is 0. The van der Waals surface area contributed by atoms with Crippen LogP contribution in [0.3, 0.4) is 0 Å². The molecule has 0 spiro atoms. The quantitative estimate of drug-likeness (QED) is 0.789. The molecule has 0 aliphatic rings. The predicted molar refractivity (Wildman–Crippen MR) is 82.7 cm³/mol. The van der Waals surface area contributed by atoms with Crippen molar-refractivity contribution in [3.05, 3.63) is 30.1 Å². The Morgan fingerprint density at radius 3 is 2.58 bits per heavy atom. The van der Waals surface area contributed by atoms with Crippen LogP contribution in [0.25, 0.3) is 11.0 Å². The van der Waals surface area contributed by atoms with E-state index in [9.17, 15) is 0 Å². The van der Waals surface area contributed by atoms with E-state index in [2.05, 4.69) is 55.5 Å². The van der Waals surface area contributed by atoms with Gasteiger partial charge in [0.25, 0.3) is 0 Å². The summed E-state index contributed by atoms with van der Waals surface area (Å²) in [7, 11) is 0.331. The van der Waals surface area contributed by atoms with E-state index in [-0.39, 0.29) is 5.04 Å². The van der Waals surface area contributed by atoms with Crippen LogP contribution in [-0.2, 0) is 18.1 Å². The molecule has 1 aromatic heterocycles. The Kier molecular flexibility index (Phi) is 3.58. The number of hydrogen-bond acceptors (Lipinski definition) is 2. The first-order chi connectivity index (χ1) is 8.72. The van der Waals surface area contributed by atoms with Crippen LogP contribution in [0.15, 0.2) is 24.5 Å². The third kappa shape index (κ3) is 2.74. The fourth-order valence-corrected chi connectivity index (χ4v) is 2.84. The minimum absolute atomic E-state index is 0.243. The molecule has 0 fully saturated rings. The molecule has 0 bridgehead atoms. The molecule has 0 unspecified atom stereocenters. The summed E-state index contributed by atoms with van der Waals surface area (Å²) in [6.45, 7) is 12.1. The molecule has 1 aromatic carbocycles. The lowest BCUT2D eigenvalue weighted by atomic mass is 10.2. The summed E-state index contributed by atoms with van der Waals surface area (Å²) in [5.41, 5.74) is 3.45. The number of hydrogen-bond donors (Lipinski definition) is 0. The Bertz CT molecular complexity index is 581. The Balaban J connectivity index is 2.26. The number of benzene rings is 1. The van der Waals surface area contributed by atoms with Gasteiger partial charge in [-0.1, -0.05) is 32.9 Å². The van der Waals surface area contributed by atoms with Gasteiger partial charge >= 0.3 is 0 Å². The van der Waals surface area contributed by atoms with Gasteiger partial charge in [0.2, 0.25) is 0 Å². The van der Waals surface area contributed by atoms with Crippen molar-refractivity contribution in [2.75, 3.05) is 0 Å². The zero-order chi connectivity index (χ0) is 14.3. The zero-order valence-electron chi connectivity index (χ0n) is 12.8.